The Hall–Kier alpha value is -2.60. The van der Waals surface area contributed by atoms with Crippen LogP contribution in [0.2, 0.25) is 10.0 Å². The number of hydrogen-bond acceptors (Lipinski definition) is 6. The second-order valence-corrected chi connectivity index (χ2v) is 8.56. The number of nitrogens with zero attached hydrogens (tertiary/aromatic N) is 3. The normalized spacial score (nSPS) is 14.4. The predicted octanol–water partition coefficient (Wildman–Crippen LogP) is 4.44. The van der Waals surface area contributed by atoms with Crippen LogP contribution in [0.5, 0.6) is 11.5 Å². The number of pyridine rings is 1. The summed E-state index contributed by atoms with van der Waals surface area (Å²) >= 11 is 12.0. The van der Waals surface area contributed by atoms with Gasteiger partial charge in [0.2, 0.25) is 0 Å². The summed E-state index contributed by atoms with van der Waals surface area (Å²) in [6, 6.07) is 8.86. The van der Waals surface area contributed by atoms with Gasteiger partial charge >= 0.3 is 12.1 Å². The van der Waals surface area contributed by atoms with E-state index in [4.69, 9.17) is 43.6 Å². The molecule has 3 rings (SSSR count). The van der Waals surface area contributed by atoms with Gasteiger partial charge < -0.3 is 20.5 Å². The van der Waals surface area contributed by atoms with Crippen LogP contribution in [-0.2, 0) is 11.3 Å². The number of piperazine rings is 1. The van der Waals surface area contributed by atoms with Gasteiger partial charge in [-0.3, -0.25) is 9.69 Å². The molecule has 1 saturated heterocycles. The molecule has 3 N–H and O–H groups in total. The minimum absolute atomic E-state index is 0.0841. The average Bonchev–Trinajstić information content (AvgIpc) is 2.81. The van der Waals surface area contributed by atoms with E-state index in [1.165, 1.54) is 0 Å². The molecule has 1 aromatic heterocycles. The molecule has 13 heteroatoms. The minimum Gasteiger partial charge on any atom is -0.475 e. The molecule has 192 valence electrons. The number of carboxylic acids is 1. The van der Waals surface area contributed by atoms with Crippen LogP contribution in [0.25, 0.3) is 0 Å². The zero-order valence-corrected chi connectivity index (χ0v) is 20.5. The first-order valence-corrected chi connectivity index (χ1v) is 11.3. The highest BCUT2D eigenvalue weighted by molar-refractivity contribution is 6.42. The van der Waals surface area contributed by atoms with Crippen molar-refractivity contribution >= 4 is 35.1 Å². The van der Waals surface area contributed by atoms with Gasteiger partial charge in [-0.05, 0) is 38.1 Å². The molecule has 1 aromatic carbocycles. The maximum absolute atomic E-state index is 12.8. The number of carbonyl (C=O) groups is 2. The first kappa shape index (κ1) is 28.6. The molecule has 0 radical (unpaired) electrons. The molecule has 1 amide bonds. The summed E-state index contributed by atoms with van der Waals surface area (Å²) in [5.41, 5.74) is 6.72. The lowest BCUT2D eigenvalue weighted by Gasteiger charge is -2.36. The fourth-order valence-corrected chi connectivity index (χ4v) is 3.41. The number of carboxylic acid groups (broad SMARTS) is 1. The van der Waals surface area contributed by atoms with Crippen molar-refractivity contribution < 1.29 is 32.6 Å². The monoisotopic (exact) mass is 536 g/mol. The van der Waals surface area contributed by atoms with Crippen LogP contribution in [-0.4, -0.2) is 70.2 Å². The summed E-state index contributed by atoms with van der Waals surface area (Å²) in [6.07, 6.45) is -5.08. The van der Waals surface area contributed by atoms with E-state index in [-0.39, 0.29) is 12.5 Å². The molecule has 35 heavy (non-hydrogen) atoms. The molecule has 1 aliphatic heterocycles. The van der Waals surface area contributed by atoms with E-state index < -0.39 is 12.1 Å². The Bertz CT molecular complexity index is 1050. The number of nitrogens with two attached hydrogens (primary N) is 1. The third kappa shape index (κ3) is 8.24. The molecule has 2 heterocycles. The first-order valence-electron chi connectivity index (χ1n) is 10.5. The Balaban J connectivity index is 0.000000540. The molecule has 8 nitrogen and oxygen atoms in total. The molecule has 0 unspecified atom stereocenters. The molecule has 0 aliphatic carbocycles. The predicted molar refractivity (Wildman–Crippen MR) is 125 cm³/mol. The molecule has 1 aliphatic rings. The molecule has 1 fully saturated rings. The molecular weight excluding hydrogens is 512 g/mol. The summed E-state index contributed by atoms with van der Waals surface area (Å²) in [4.78, 5) is 30.4. The second-order valence-electron chi connectivity index (χ2n) is 7.75. The van der Waals surface area contributed by atoms with Crippen molar-refractivity contribution in [3.05, 3.63) is 51.8 Å². The highest BCUT2D eigenvalue weighted by atomic mass is 35.5. The van der Waals surface area contributed by atoms with E-state index in [0.717, 1.165) is 13.1 Å². The van der Waals surface area contributed by atoms with Crippen molar-refractivity contribution in [2.75, 3.05) is 26.2 Å². The van der Waals surface area contributed by atoms with Gasteiger partial charge in [-0.1, -0.05) is 23.2 Å². The van der Waals surface area contributed by atoms with Crippen LogP contribution in [0.4, 0.5) is 13.2 Å². The van der Waals surface area contributed by atoms with Gasteiger partial charge in [-0.15, -0.1) is 0 Å². The van der Waals surface area contributed by atoms with Crippen LogP contribution in [0.1, 0.15) is 30.0 Å². The lowest BCUT2D eigenvalue weighted by Crippen LogP contribution is -2.50. The number of carbonyl (C=O) groups excluding carboxylic acids is 1. The number of amides is 1. The number of alkyl halides is 3. The smallest absolute Gasteiger partial charge is 0.475 e. The summed E-state index contributed by atoms with van der Waals surface area (Å²) < 4.78 is 37.6. The summed E-state index contributed by atoms with van der Waals surface area (Å²) in [5, 5.41) is 7.97. The fraction of sp³-hybridized carbons (Fsp3) is 0.409. The Morgan fingerprint density at radius 3 is 2.20 bits per heavy atom. The molecule has 0 atom stereocenters. The summed E-state index contributed by atoms with van der Waals surface area (Å²) in [6.45, 7) is 7.60. The Labute approximate surface area is 210 Å². The molecule has 0 saturated carbocycles. The maximum atomic E-state index is 12.8. The van der Waals surface area contributed by atoms with E-state index >= 15 is 0 Å². The van der Waals surface area contributed by atoms with Crippen LogP contribution in [0.3, 0.4) is 0 Å². The lowest BCUT2D eigenvalue weighted by atomic mass is 10.2. The Morgan fingerprint density at radius 2 is 1.71 bits per heavy atom. The van der Waals surface area contributed by atoms with Crippen molar-refractivity contribution in [1.82, 2.24) is 14.8 Å². The zero-order valence-electron chi connectivity index (χ0n) is 19.0. The standard InChI is InChI=1S/C20H24Cl2N4O2.C2HF3O2/c1-13(2)25-7-9-26(10-8-25)20(27)17-5-6-19(18(12-23)24-17)28-14-3-4-15(21)16(22)11-14;3-2(4,5)1(6)7/h3-6,11,13H,7-10,12,23H2,1-2H3;(H,6,7). The van der Waals surface area contributed by atoms with Crippen LogP contribution >= 0.6 is 23.2 Å². The number of ether oxygens (including phenoxy) is 1. The van der Waals surface area contributed by atoms with Gasteiger partial charge in [-0.25, -0.2) is 9.78 Å². The van der Waals surface area contributed by atoms with E-state index in [9.17, 15) is 18.0 Å². The van der Waals surface area contributed by atoms with Crippen molar-refractivity contribution in [3.63, 3.8) is 0 Å². The number of hydrogen-bond donors (Lipinski definition) is 2. The first-order chi connectivity index (χ1) is 16.3. The topological polar surface area (TPSA) is 109 Å². The Kier molecular flexibility index (Phi) is 10.1. The van der Waals surface area contributed by atoms with Gasteiger partial charge in [-0.2, -0.15) is 13.2 Å². The molecule has 0 bridgehead atoms. The number of aromatic nitrogens is 1. The number of rotatable bonds is 5. The third-order valence-corrected chi connectivity index (χ3v) is 5.78. The zero-order chi connectivity index (χ0) is 26.3. The number of halogens is 5. The van der Waals surface area contributed by atoms with Gasteiger partial charge in [0.15, 0.2) is 0 Å². The van der Waals surface area contributed by atoms with E-state index in [2.05, 4.69) is 23.7 Å². The molecule has 2 aromatic rings. The number of benzene rings is 1. The Morgan fingerprint density at radius 1 is 1.11 bits per heavy atom. The van der Waals surface area contributed by atoms with E-state index in [1.54, 1.807) is 30.3 Å². The van der Waals surface area contributed by atoms with Crippen molar-refractivity contribution in [2.45, 2.75) is 32.6 Å². The van der Waals surface area contributed by atoms with Gasteiger partial charge in [0, 0.05) is 44.8 Å². The van der Waals surface area contributed by atoms with Gasteiger partial charge in [0.1, 0.15) is 17.2 Å². The average molecular weight is 537 g/mol. The van der Waals surface area contributed by atoms with E-state index in [0.29, 0.717) is 52.1 Å². The maximum Gasteiger partial charge on any atom is 0.490 e. The van der Waals surface area contributed by atoms with Crippen LogP contribution < -0.4 is 10.5 Å². The molecule has 0 spiro atoms. The van der Waals surface area contributed by atoms with Crippen LogP contribution in [0, 0.1) is 0 Å². The van der Waals surface area contributed by atoms with Gasteiger partial charge in [0.05, 0.1) is 15.7 Å². The van der Waals surface area contributed by atoms with Gasteiger partial charge in [0.25, 0.3) is 5.91 Å². The largest absolute Gasteiger partial charge is 0.490 e. The highest BCUT2D eigenvalue weighted by Gasteiger charge is 2.38. The van der Waals surface area contributed by atoms with E-state index in [1.807, 2.05) is 4.90 Å². The molecular formula is C22H25Cl2F3N4O4. The van der Waals surface area contributed by atoms with Crippen molar-refractivity contribution in [2.24, 2.45) is 5.73 Å². The van der Waals surface area contributed by atoms with Crippen molar-refractivity contribution in [3.8, 4) is 11.5 Å². The summed E-state index contributed by atoms with van der Waals surface area (Å²) in [7, 11) is 0. The SMILES string of the molecule is CC(C)N1CCN(C(=O)c2ccc(Oc3ccc(Cl)c(Cl)c3)c(CN)n2)CC1.O=C(O)C(F)(F)F. The van der Waals surface area contributed by atoms with Crippen molar-refractivity contribution in [1.29, 1.82) is 0 Å². The third-order valence-electron chi connectivity index (χ3n) is 5.04. The fourth-order valence-electron chi connectivity index (χ4n) is 3.12. The quantitative estimate of drug-likeness (QED) is 0.581. The lowest BCUT2D eigenvalue weighted by molar-refractivity contribution is -0.192. The highest BCUT2D eigenvalue weighted by Crippen LogP contribution is 2.30. The second kappa shape index (κ2) is 12.4. The minimum atomic E-state index is -5.08. The summed E-state index contributed by atoms with van der Waals surface area (Å²) in [5.74, 6) is -1.83. The number of aliphatic carboxylic acids is 1. The van der Waals surface area contributed by atoms with Crippen LogP contribution in [0.15, 0.2) is 30.3 Å².